The molecule has 1 aromatic carbocycles. The molecule has 2 fully saturated rings. The fourth-order valence-electron chi connectivity index (χ4n) is 4.57. The molecule has 0 saturated carbocycles. The van der Waals surface area contributed by atoms with E-state index >= 15 is 0 Å². The molecule has 1 aromatic heterocycles. The number of hydrogen-bond donors (Lipinski definition) is 1. The first-order chi connectivity index (χ1) is 14.9. The van der Waals surface area contributed by atoms with Crippen LogP contribution in [0.25, 0.3) is 0 Å². The first kappa shape index (κ1) is 23.1. The second kappa shape index (κ2) is 9.83. The molecule has 6 nitrogen and oxygen atoms in total. The maximum atomic E-state index is 12.9. The highest BCUT2D eigenvalue weighted by molar-refractivity contribution is 9.10. The number of carbonyl (C=O) groups excluding carboxylic acids is 1. The molecule has 0 bridgehead atoms. The number of rotatable bonds is 5. The van der Waals surface area contributed by atoms with Crippen molar-refractivity contribution in [3.05, 3.63) is 43.2 Å². The molecular weight excluding hydrogens is 523 g/mol. The summed E-state index contributed by atoms with van der Waals surface area (Å²) in [7, 11) is 1.59. The summed E-state index contributed by atoms with van der Waals surface area (Å²) in [6.07, 6.45) is 3.30. The topological polar surface area (TPSA) is 57.7 Å². The average Bonchev–Trinajstić information content (AvgIpc) is 3.31. The van der Waals surface area contributed by atoms with Gasteiger partial charge in [-0.15, -0.1) is 0 Å². The van der Waals surface area contributed by atoms with Gasteiger partial charge in [0.15, 0.2) is 0 Å². The second-order valence-corrected chi connectivity index (χ2v) is 10.8. The van der Waals surface area contributed by atoms with E-state index < -0.39 is 0 Å². The number of ether oxygens (including phenoxy) is 1. The molecule has 4 rings (SSSR count). The van der Waals surface area contributed by atoms with Gasteiger partial charge < -0.3 is 15.0 Å². The zero-order valence-corrected chi connectivity index (χ0v) is 21.2. The number of halogens is 3. The maximum Gasteiger partial charge on any atom is 0.317 e. The number of likely N-dealkylation sites (tertiary alicyclic amines) is 2. The van der Waals surface area contributed by atoms with Crippen molar-refractivity contribution in [1.29, 1.82) is 0 Å². The van der Waals surface area contributed by atoms with Crippen LogP contribution in [0.15, 0.2) is 22.7 Å². The predicted molar refractivity (Wildman–Crippen MR) is 128 cm³/mol. The smallest absolute Gasteiger partial charge is 0.317 e. The molecule has 0 radical (unpaired) electrons. The molecule has 2 saturated heterocycles. The number of nitrogens with one attached hydrogen (secondary N) is 1. The first-order valence-electron chi connectivity index (χ1n) is 10.3. The number of urea groups is 1. The highest BCUT2D eigenvalue weighted by Crippen LogP contribution is 2.40. The van der Waals surface area contributed by atoms with Crippen LogP contribution in [-0.4, -0.2) is 53.5 Å². The Hall–Kier alpha value is -1.06. The molecule has 0 aliphatic carbocycles. The number of nitrogens with zero attached hydrogens (tertiary/aromatic N) is 3. The third kappa shape index (κ3) is 5.30. The van der Waals surface area contributed by atoms with Crippen LogP contribution < -0.4 is 10.1 Å². The van der Waals surface area contributed by atoms with Crippen LogP contribution in [0.5, 0.6) is 5.88 Å². The van der Waals surface area contributed by atoms with Gasteiger partial charge in [0.05, 0.1) is 33.0 Å². The van der Waals surface area contributed by atoms with E-state index in [0.29, 0.717) is 22.5 Å². The van der Waals surface area contributed by atoms with Crippen molar-refractivity contribution in [2.24, 2.45) is 5.41 Å². The lowest BCUT2D eigenvalue weighted by Crippen LogP contribution is -2.50. The number of aromatic nitrogens is 1. The van der Waals surface area contributed by atoms with Crippen LogP contribution in [0.1, 0.15) is 29.7 Å². The monoisotopic (exact) mass is 546 g/mol. The molecule has 2 aliphatic heterocycles. The van der Waals surface area contributed by atoms with Gasteiger partial charge in [0.1, 0.15) is 0 Å². The van der Waals surface area contributed by atoms with Crippen LogP contribution in [0.3, 0.4) is 0 Å². The van der Waals surface area contributed by atoms with Gasteiger partial charge in [-0.25, -0.2) is 4.79 Å². The maximum absolute atomic E-state index is 12.9. The van der Waals surface area contributed by atoms with Crippen molar-refractivity contribution < 1.29 is 9.53 Å². The Bertz CT molecular complexity index is 959. The lowest BCUT2D eigenvalue weighted by molar-refractivity contribution is 0.107. The number of benzene rings is 1. The van der Waals surface area contributed by atoms with Crippen LogP contribution in [0.4, 0.5) is 4.79 Å². The Labute approximate surface area is 205 Å². The van der Waals surface area contributed by atoms with E-state index in [2.05, 4.69) is 30.5 Å². The summed E-state index contributed by atoms with van der Waals surface area (Å²) in [4.78, 5) is 18.2. The van der Waals surface area contributed by atoms with E-state index in [1.807, 2.05) is 23.1 Å². The van der Waals surface area contributed by atoms with E-state index in [-0.39, 0.29) is 11.4 Å². The van der Waals surface area contributed by atoms with Gasteiger partial charge in [-0.3, -0.25) is 4.90 Å². The molecule has 2 amide bonds. The summed E-state index contributed by atoms with van der Waals surface area (Å²) in [5, 5.41) is 4.23. The summed E-state index contributed by atoms with van der Waals surface area (Å²) in [6, 6.07) is 5.82. The van der Waals surface area contributed by atoms with Crippen molar-refractivity contribution in [2.75, 3.05) is 33.3 Å². The number of methoxy groups -OCH3 is 1. The van der Waals surface area contributed by atoms with E-state index in [1.54, 1.807) is 7.11 Å². The molecule has 168 valence electrons. The van der Waals surface area contributed by atoms with Gasteiger partial charge in [0, 0.05) is 31.6 Å². The molecule has 1 spiro atoms. The number of amides is 2. The van der Waals surface area contributed by atoms with Crippen LogP contribution >= 0.6 is 50.7 Å². The number of hydrogen-bond acceptors (Lipinski definition) is 5. The van der Waals surface area contributed by atoms with Gasteiger partial charge in [0.25, 0.3) is 0 Å². The van der Waals surface area contributed by atoms with Crippen LogP contribution in [-0.2, 0) is 13.1 Å². The Balaban J connectivity index is 1.32. The van der Waals surface area contributed by atoms with E-state index in [0.717, 1.165) is 61.3 Å². The molecule has 10 heteroatoms. The fourth-order valence-corrected chi connectivity index (χ4v) is 6.28. The molecule has 2 aromatic rings. The van der Waals surface area contributed by atoms with Gasteiger partial charge >= 0.3 is 6.03 Å². The summed E-state index contributed by atoms with van der Waals surface area (Å²) in [6.45, 7) is 4.91. The minimum absolute atomic E-state index is 0.0127. The Morgan fingerprint density at radius 2 is 2.13 bits per heavy atom. The predicted octanol–water partition coefficient (Wildman–Crippen LogP) is 5.42. The molecular formula is C21H25BrCl2N4O2S. The van der Waals surface area contributed by atoms with Crippen molar-refractivity contribution in [2.45, 2.75) is 32.4 Å². The van der Waals surface area contributed by atoms with Gasteiger partial charge in [-0.05, 0) is 71.0 Å². The van der Waals surface area contributed by atoms with Crippen molar-refractivity contribution in [3.63, 3.8) is 0 Å². The zero-order chi connectivity index (χ0) is 22.0. The van der Waals surface area contributed by atoms with Gasteiger partial charge in [-0.1, -0.05) is 29.3 Å². The lowest BCUT2D eigenvalue weighted by atomic mass is 9.79. The van der Waals surface area contributed by atoms with Gasteiger partial charge in [-0.2, -0.15) is 4.37 Å². The summed E-state index contributed by atoms with van der Waals surface area (Å²) in [5.41, 5.74) is 1.34. The van der Waals surface area contributed by atoms with E-state index in [4.69, 9.17) is 27.9 Å². The molecule has 1 N–H and O–H groups in total. The quantitative estimate of drug-likeness (QED) is 0.543. The van der Waals surface area contributed by atoms with E-state index in [1.165, 1.54) is 17.1 Å². The summed E-state index contributed by atoms with van der Waals surface area (Å²) >= 11 is 17.0. The Kier molecular flexibility index (Phi) is 7.33. The zero-order valence-electron chi connectivity index (χ0n) is 17.3. The highest BCUT2D eigenvalue weighted by Gasteiger charge is 2.42. The van der Waals surface area contributed by atoms with Crippen LogP contribution in [0, 0.1) is 5.41 Å². The molecule has 2 aliphatic rings. The van der Waals surface area contributed by atoms with Crippen molar-refractivity contribution in [3.8, 4) is 5.88 Å². The third-order valence-corrected chi connectivity index (χ3v) is 8.77. The molecule has 1 unspecified atom stereocenters. The minimum atomic E-state index is -0.0127. The normalized spacial score (nSPS) is 21.6. The number of carbonyl (C=O) groups is 1. The third-order valence-electron chi connectivity index (χ3n) is 6.12. The molecule has 31 heavy (non-hydrogen) atoms. The minimum Gasteiger partial charge on any atom is -0.480 e. The lowest BCUT2D eigenvalue weighted by Gasteiger charge is -2.40. The SMILES string of the molecule is COc1nsc(CNC(=O)N2CCCC3(CCN(Cc4ccc(Cl)c(Cl)c4)C3)C2)c1Br. The molecule has 3 heterocycles. The standard InChI is InChI=1S/C21H25BrCl2N4O2S/c1-30-19-18(22)17(31-26-19)10-25-20(29)28-7-2-5-21(13-28)6-8-27(12-21)11-14-3-4-15(23)16(24)9-14/h3-4,9H,2,5-8,10-13H2,1H3,(H,25,29). The van der Waals surface area contributed by atoms with Crippen molar-refractivity contribution >= 4 is 56.7 Å². The first-order valence-corrected chi connectivity index (χ1v) is 12.6. The number of piperidine rings is 1. The summed E-state index contributed by atoms with van der Waals surface area (Å²) in [5.74, 6) is 0.555. The van der Waals surface area contributed by atoms with Crippen LogP contribution in [0.2, 0.25) is 10.0 Å². The molecule has 1 atom stereocenters. The Morgan fingerprint density at radius 1 is 1.29 bits per heavy atom. The second-order valence-electron chi connectivity index (χ2n) is 8.32. The van der Waals surface area contributed by atoms with Crippen molar-refractivity contribution in [1.82, 2.24) is 19.5 Å². The fraction of sp³-hybridized carbons (Fsp3) is 0.524. The highest BCUT2D eigenvalue weighted by atomic mass is 79.9. The average molecular weight is 548 g/mol. The van der Waals surface area contributed by atoms with E-state index in [9.17, 15) is 4.79 Å². The largest absolute Gasteiger partial charge is 0.480 e. The Morgan fingerprint density at radius 3 is 2.87 bits per heavy atom. The van der Waals surface area contributed by atoms with Gasteiger partial charge in [0.2, 0.25) is 5.88 Å². The summed E-state index contributed by atoms with van der Waals surface area (Å²) < 4.78 is 10.2.